The predicted molar refractivity (Wildman–Crippen MR) is 118 cm³/mol. The molecule has 0 bridgehead atoms. The van der Waals surface area contributed by atoms with Crippen LogP contribution in [0.25, 0.3) is 5.52 Å². The Bertz CT molecular complexity index is 1310. The topological polar surface area (TPSA) is 77.0 Å². The van der Waals surface area contributed by atoms with Crippen molar-refractivity contribution in [3.8, 4) is 5.88 Å². The number of furan rings is 1. The quantitative estimate of drug-likeness (QED) is 0.377. The van der Waals surface area contributed by atoms with E-state index in [1.807, 2.05) is 6.92 Å². The number of aromatic nitrogens is 2. The number of ether oxygens (including phenoxy) is 1. The first-order valence-corrected chi connectivity index (χ1v) is 10.5. The summed E-state index contributed by atoms with van der Waals surface area (Å²) in [6.45, 7) is 4.77. The molecular weight excluding hydrogens is 430 g/mol. The monoisotopic (exact) mass is 454 g/mol. The molecule has 1 atom stereocenters. The summed E-state index contributed by atoms with van der Waals surface area (Å²) in [4.78, 5) is 13.2. The number of pyridine rings is 1. The molecule has 0 fully saturated rings. The molecule has 0 aliphatic carbocycles. The van der Waals surface area contributed by atoms with E-state index >= 15 is 0 Å². The molecule has 3 heterocycles. The Hall–Kier alpha value is -3.52. The summed E-state index contributed by atoms with van der Waals surface area (Å²) in [6.07, 6.45) is 0.0379. The highest BCUT2D eigenvalue weighted by Crippen LogP contribution is 2.29. The highest BCUT2D eigenvalue weighted by Gasteiger charge is 2.25. The summed E-state index contributed by atoms with van der Waals surface area (Å²) in [6, 6.07) is 10.7. The second-order valence-electron chi connectivity index (χ2n) is 8.07. The minimum atomic E-state index is -0.699. The molecule has 33 heavy (non-hydrogen) atoms. The van der Waals surface area contributed by atoms with Gasteiger partial charge in [0.1, 0.15) is 29.8 Å². The molecule has 0 spiro atoms. The van der Waals surface area contributed by atoms with Crippen molar-refractivity contribution < 1.29 is 27.8 Å². The van der Waals surface area contributed by atoms with Crippen molar-refractivity contribution in [2.45, 2.75) is 39.7 Å². The van der Waals surface area contributed by atoms with Crippen molar-refractivity contribution >= 4 is 11.3 Å². The van der Waals surface area contributed by atoms with Crippen LogP contribution in [0.2, 0.25) is 0 Å². The van der Waals surface area contributed by atoms with Gasteiger partial charge in [-0.25, -0.2) is 13.3 Å². The van der Waals surface area contributed by atoms with Crippen LogP contribution in [-0.2, 0) is 6.61 Å². The lowest BCUT2D eigenvalue weighted by Gasteiger charge is -2.12. The highest BCUT2D eigenvalue weighted by atomic mass is 19.1. The highest BCUT2D eigenvalue weighted by molar-refractivity contribution is 6.04. The lowest BCUT2D eigenvalue weighted by molar-refractivity contribution is 0.0955. The third-order valence-electron chi connectivity index (χ3n) is 5.54. The maximum absolute atomic E-state index is 14.0. The minimum absolute atomic E-state index is 0.0379. The Labute approximate surface area is 189 Å². The maximum atomic E-state index is 14.0. The molecule has 0 unspecified atom stereocenters. The molecule has 172 valence electrons. The number of fused-ring (bicyclic) bond motifs is 1. The SMILES string of the molecule is Cc1cc(OCc2c(F)cccc2F)n2nc(C)c(C(=O)C[C@@H](CO)c3ccc(C)o3)c2c1. The van der Waals surface area contributed by atoms with E-state index in [-0.39, 0.29) is 36.9 Å². The lowest BCUT2D eigenvalue weighted by Crippen LogP contribution is -2.11. The molecule has 0 aliphatic heterocycles. The van der Waals surface area contributed by atoms with E-state index in [0.717, 1.165) is 5.56 Å². The van der Waals surface area contributed by atoms with Crippen molar-refractivity contribution in [2.75, 3.05) is 6.61 Å². The van der Waals surface area contributed by atoms with Crippen LogP contribution in [0.15, 0.2) is 46.9 Å². The van der Waals surface area contributed by atoms with Gasteiger partial charge in [0.05, 0.1) is 28.9 Å². The van der Waals surface area contributed by atoms with E-state index in [2.05, 4.69) is 5.10 Å². The summed E-state index contributed by atoms with van der Waals surface area (Å²) in [5, 5.41) is 14.3. The van der Waals surface area contributed by atoms with Crippen LogP contribution in [0.5, 0.6) is 5.88 Å². The summed E-state index contributed by atoms with van der Waals surface area (Å²) in [5.41, 5.74) is 2.02. The van der Waals surface area contributed by atoms with E-state index in [9.17, 15) is 18.7 Å². The molecule has 4 rings (SSSR count). The van der Waals surface area contributed by atoms with Gasteiger partial charge in [-0.3, -0.25) is 4.79 Å². The zero-order valence-corrected chi connectivity index (χ0v) is 18.6. The number of aliphatic hydroxyl groups is 1. The molecule has 1 N–H and O–H groups in total. The first-order chi connectivity index (χ1) is 15.8. The van der Waals surface area contributed by atoms with Gasteiger partial charge in [-0.2, -0.15) is 5.10 Å². The van der Waals surface area contributed by atoms with Crippen LogP contribution in [0.3, 0.4) is 0 Å². The Balaban J connectivity index is 1.66. The van der Waals surface area contributed by atoms with E-state index in [4.69, 9.17) is 9.15 Å². The van der Waals surface area contributed by atoms with Crippen molar-refractivity contribution in [3.05, 3.63) is 88.0 Å². The van der Waals surface area contributed by atoms with Gasteiger partial charge in [0.2, 0.25) is 5.88 Å². The number of benzene rings is 1. The lowest BCUT2D eigenvalue weighted by atomic mass is 9.96. The minimum Gasteiger partial charge on any atom is -0.473 e. The second kappa shape index (κ2) is 9.15. The Morgan fingerprint density at radius 3 is 2.52 bits per heavy atom. The maximum Gasteiger partial charge on any atom is 0.215 e. The zero-order chi connectivity index (χ0) is 23.7. The molecule has 0 radical (unpaired) electrons. The summed E-state index contributed by atoms with van der Waals surface area (Å²) >= 11 is 0. The van der Waals surface area contributed by atoms with Crippen LogP contribution in [-0.4, -0.2) is 27.1 Å². The van der Waals surface area contributed by atoms with E-state index in [1.54, 1.807) is 38.1 Å². The number of carbonyl (C=O) groups excluding carboxylic acids is 1. The van der Waals surface area contributed by atoms with Crippen LogP contribution < -0.4 is 4.74 Å². The van der Waals surface area contributed by atoms with E-state index in [1.165, 1.54) is 22.7 Å². The number of rotatable bonds is 8. The van der Waals surface area contributed by atoms with Crippen LogP contribution >= 0.6 is 0 Å². The molecular formula is C25H24F2N2O4. The van der Waals surface area contributed by atoms with Crippen molar-refractivity contribution in [3.63, 3.8) is 0 Å². The third kappa shape index (κ3) is 4.52. The smallest absolute Gasteiger partial charge is 0.215 e. The van der Waals surface area contributed by atoms with Crippen LogP contribution in [0.4, 0.5) is 8.78 Å². The van der Waals surface area contributed by atoms with E-state index in [0.29, 0.717) is 28.3 Å². The fraction of sp³-hybridized carbons (Fsp3) is 0.280. The van der Waals surface area contributed by atoms with Crippen LogP contribution in [0.1, 0.15) is 51.0 Å². The number of ketones is 1. The fourth-order valence-corrected chi connectivity index (χ4v) is 3.88. The number of hydrogen-bond acceptors (Lipinski definition) is 5. The summed E-state index contributed by atoms with van der Waals surface area (Å²) in [5.74, 6) is -0.576. The molecule has 0 aliphatic rings. The van der Waals surface area contributed by atoms with Gasteiger partial charge in [0.15, 0.2) is 5.78 Å². The molecule has 0 amide bonds. The van der Waals surface area contributed by atoms with Crippen molar-refractivity contribution in [2.24, 2.45) is 0 Å². The number of carbonyl (C=O) groups is 1. The second-order valence-corrected chi connectivity index (χ2v) is 8.07. The number of Topliss-reactive ketones (excluding diaryl/α,β-unsaturated/α-hetero) is 1. The fourth-order valence-electron chi connectivity index (χ4n) is 3.88. The molecule has 0 saturated heterocycles. The molecule has 8 heteroatoms. The van der Waals surface area contributed by atoms with Gasteiger partial charge in [0, 0.05) is 18.4 Å². The first kappa shape index (κ1) is 22.7. The molecule has 3 aromatic heterocycles. The van der Waals surface area contributed by atoms with Gasteiger partial charge >= 0.3 is 0 Å². The number of hydrogen-bond donors (Lipinski definition) is 1. The molecule has 4 aromatic rings. The Morgan fingerprint density at radius 1 is 1.15 bits per heavy atom. The van der Waals surface area contributed by atoms with Crippen molar-refractivity contribution in [1.82, 2.24) is 9.61 Å². The van der Waals surface area contributed by atoms with Gasteiger partial charge < -0.3 is 14.3 Å². The predicted octanol–water partition coefficient (Wildman–Crippen LogP) is 5.06. The number of aryl methyl sites for hydroxylation is 3. The first-order valence-electron chi connectivity index (χ1n) is 10.5. The average molecular weight is 454 g/mol. The van der Waals surface area contributed by atoms with Gasteiger partial charge in [-0.05, 0) is 56.7 Å². The molecule has 0 saturated carbocycles. The summed E-state index contributed by atoms with van der Waals surface area (Å²) in [7, 11) is 0. The normalized spacial score (nSPS) is 12.3. The van der Waals surface area contributed by atoms with Gasteiger partial charge in [-0.15, -0.1) is 0 Å². The van der Waals surface area contributed by atoms with Gasteiger partial charge in [-0.1, -0.05) is 6.07 Å². The van der Waals surface area contributed by atoms with E-state index < -0.39 is 17.6 Å². The Kier molecular flexibility index (Phi) is 6.29. The average Bonchev–Trinajstić information content (AvgIpc) is 3.34. The third-order valence-corrected chi connectivity index (χ3v) is 5.54. The standard InChI is InChI=1S/C25H24F2N2O4/c1-14-9-21-25(22(31)11-17(12-30)23-8-7-15(2)33-23)16(3)28-29(21)24(10-14)32-13-18-19(26)5-4-6-20(18)27/h4-10,17,30H,11-13H2,1-3H3/t17-/m0/s1. The number of nitrogens with zero attached hydrogens (tertiary/aromatic N) is 2. The zero-order valence-electron chi connectivity index (χ0n) is 18.6. The van der Waals surface area contributed by atoms with Crippen molar-refractivity contribution in [1.29, 1.82) is 0 Å². The van der Waals surface area contributed by atoms with Gasteiger partial charge in [0.25, 0.3) is 0 Å². The number of halogens is 2. The van der Waals surface area contributed by atoms with Crippen LogP contribution in [0, 0.1) is 32.4 Å². The Morgan fingerprint density at radius 2 is 1.88 bits per heavy atom. The summed E-state index contributed by atoms with van der Waals surface area (Å²) < 4.78 is 40.8. The number of aliphatic hydroxyl groups excluding tert-OH is 1. The molecule has 6 nitrogen and oxygen atoms in total. The molecule has 1 aromatic carbocycles. The largest absolute Gasteiger partial charge is 0.473 e.